The van der Waals surface area contributed by atoms with Gasteiger partial charge in [-0.3, -0.25) is 4.99 Å². The van der Waals surface area contributed by atoms with Gasteiger partial charge in [-0.1, -0.05) is 16.8 Å². The Morgan fingerprint density at radius 1 is 1.30 bits per heavy atom. The molecule has 1 fully saturated rings. The molecule has 0 atom stereocenters. The van der Waals surface area contributed by atoms with E-state index in [1.54, 1.807) is 7.05 Å². The van der Waals surface area contributed by atoms with E-state index in [2.05, 4.69) is 44.5 Å². The first-order chi connectivity index (χ1) is 13.0. The Balaban J connectivity index is 1.49. The molecule has 0 unspecified atom stereocenters. The van der Waals surface area contributed by atoms with E-state index in [1.165, 1.54) is 0 Å². The number of piperidine rings is 1. The molecular weight excluding hydrogens is 364 g/mol. The average Bonchev–Trinajstić information content (AvgIpc) is 3.15. The lowest BCUT2D eigenvalue weighted by atomic mass is 10.0. The fraction of sp³-hybridized carbons (Fsp3) is 0.526. The Morgan fingerprint density at radius 3 is 2.63 bits per heavy atom. The summed E-state index contributed by atoms with van der Waals surface area (Å²) < 4.78 is 5.33. The highest BCUT2D eigenvalue weighted by atomic mass is 35.5. The zero-order valence-electron chi connectivity index (χ0n) is 16.1. The van der Waals surface area contributed by atoms with Gasteiger partial charge in [-0.15, -0.1) is 0 Å². The maximum absolute atomic E-state index is 5.91. The van der Waals surface area contributed by atoms with Crippen LogP contribution in [0.2, 0.25) is 5.02 Å². The van der Waals surface area contributed by atoms with Crippen molar-refractivity contribution in [3.8, 4) is 11.4 Å². The number of aromatic nitrogens is 2. The van der Waals surface area contributed by atoms with Gasteiger partial charge in [0.15, 0.2) is 5.96 Å². The molecule has 1 saturated heterocycles. The minimum Gasteiger partial charge on any atom is -0.354 e. The zero-order chi connectivity index (χ0) is 19.2. The third kappa shape index (κ3) is 5.43. The van der Waals surface area contributed by atoms with Gasteiger partial charge in [-0.25, -0.2) is 0 Å². The highest BCUT2D eigenvalue weighted by Gasteiger charge is 2.21. The molecule has 0 amide bonds. The molecule has 0 bridgehead atoms. The topological polar surface area (TPSA) is 78.6 Å². The number of nitrogens with zero attached hydrogens (tertiary/aromatic N) is 4. The lowest BCUT2D eigenvalue weighted by molar-refractivity contribution is 0.167. The second kappa shape index (κ2) is 9.19. The van der Waals surface area contributed by atoms with E-state index in [1.807, 2.05) is 24.3 Å². The summed E-state index contributed by atoms with van der Waals surface area (Å²) in [6.07, 6.45) is 2.22. The Labute approximate surface area is 165 Å². The first kappa shape index (κ1) is 19.6. The number of benzene rings is 1. The standard InChI is InChI=1S/C19H27ClN6O/c1-13(2)26-10-8-16(9-11-26)23-19(21-3)22-12-17-24-18(25-27-17)14-4-6-15(20)7-5-14/h4-7,13,16H,8-12H2,1-3H3,(H2,21,22,23). The van der Waals surface area contributed by atoms with Crippen molar-refractivity contribution in [3.05, 3.63) is 35.2 Å². The van der Waals surface area contributed by atoms with Crippen molar-refractivity contribution in [2.75, 3.05) is 20.1 Å². The van der Waals surface area contributed by atoms with Crippen LogP contribution < -0.4 is 10.6 Å². The smallest absolute Gasteiger partial charge is 0.246 e. The van der Waals surface area contributed by atoms with Gasteiger partial charge in [-0.2, -0.15) is 4.98 Å². The molecular formula is C19H27ClN6O. The fourth-order valence-corrected chi connectivity index (χ4v) is 3.28. The molecule has 2 heterocycles. The normalized spacial score (nSPS) is 16.7. The summed E-state index contributed by atoms with van der Waals surface area (Å²) in [5, 5.41) is 11.4. The maximum atomic E-state index is 5.91. The molecule has 1 aromatic carbocycles. The lowest BCUT2D eigenvalue weighted by Gasteiger charge is -2.35. The van der Waals surface area contributed by atoms with Crippen molar-refractivity contribution in [3.63, 3.8) is 0 Å². The summed E-state index contributed by atoms with van der Waals surface area (Å²) in [6.45, 7) is 7.14. The molecule has 3 rings (SSSR count). The summed E-state index contributed by atoms with van der Waals surface area (Å²) >= 11 is 5.91. The van der Waals surface area contributed by atoms with Crippen molar-refractivity contribution >= 4 is 17.6 Å². The van der Waals surface area contributed by atoms with Gasteiger partial charge in [0.05, 0.1) is 6.54 Å². The average molecular weight is 391 g/mol. The van der Waals surface area contributed by atoms with Crippen LogP contribution in [0, 0.1) is 0 Å². The van der Waals surface area contributed by atoms with Crippen molar-refractivity contribution in [2.45, 2.75) is 45.3 Å². The molecule has 0 radical (unpaired) electrons. The number of likely N-dealkylation sites (tertiary alicyclic amines) is 1. The molecule has 27 heavy (non-hydrogen) atoms. The number of rotatable bonds is 5. The van der Waals surface area contributed by atoms with Gasteiger partial charge < -0.3 is 20.1 Å². The first-order valence-corrected chi connectivity index (χ1v) is 9.72. The van der Waals surface area contributed by atoms with E-state index in [0.717, 1.165) is 37.5 Å². The Hall–Kier alpha value is -2.12. The van der Waals surface area contributed by atoms with Crippen LogP contribution in [0.5, 0.6) is 0 Å². The van der Waals surface area contributed by atoms with Crippen LogP contribution in [0.3, 0.4) is 0 Å². The molecule has 8 heteroatoms. The van der Waals surface area contributed by atoms with Crippen molar-refractivity contribution < 1.29 is 4.52 Å². The zero-order valence-corrected chi connectivity index (χ0v) is 16.8. The van der Waals surface area contributed by atoms with Crippen LogP contribution in [-0.4, -0.2) is 53.2 Å². The molecule has 1 aliphatic heterocycles. The molecule has 0 spiro atoms. The van der Waals surface area contributed by atoms with Crippen LogP contribution in [-0.2, 0) is 6.54 Å². The van der Waals surface area contributed by atoms with Crippen molar-refractivity contribution in [1.29, 1.82) is 0 Å². The minimum absolute atomic E-state index is 0.422. The Bertz CT molecular complexity index is 750. The predicted molar refractivity (Wildman–Crippen MR) is 108 cm³/mol. The Kier molecular flexibility index (Phi) is 6.68. The molecule has 2 N–H and O–H groups in total. The minimum atomic E-state index is 0.422. The molecule has 0 aliphatic carbocycles. The molecule has 7 nitrogen and oxygen atoms in total. The largest absolute Gasteiger partial charge is 0.354 e. The van der Waals surface area contributed by atoms with Crippen LogP contribution in [0.25, 0.3) is 11.4 Å². The van der Waals surface area contributed by atoms with Crippen molar-refractivity contribution in [1.82, 2.24) is 25.7 Å². The maximum Gasteiger partial charge on any atom is 0.246 e. The Morgan fingerprint density at radius 2 is 2.00 bits per heavy atom. The van der Waals surface area contributed by atoms with Crippen LogP contribution in [0.4, 0.5) is 0 Å². The number of hydrogen-bond donors (Lipinski definition) is 2. The van der Waals surface area contributed by atoms with Gasteiger partial charge >= 0.3 is 0 Å². The van der Waals surface area contributed by atoms with E-state index in [4.69, 9.17) is 16.1 Å². The van der Waals surface area contributed by atoms with Gasteiger partial charge in [-0.05, 0) is 51.0 Å². The van der Waals surface area contributed by atoms with Crippen molar-refractivity contribution in [2.24, 2.45) is 4.99 Å². The van der Waals surface area contributed by atoms with E-state index >= 15 is 0 Å². The van der Waals surface area contributed by atoms with Crippen LogP contribution >= 0.6 is 11.6 Å². The summed E-state index contributed by atoms with van der Waals surface area (Å²) in [4.78, 5) is 11.2. The molecule has 146 valence electrons. The van der Waals surface area contributed by atoms with E-state index < -0.39 is 0 Å². The van der Waals surface area contributed by atoms with E-state index in [0.29, 0.717) is 35.4 Å². The van der Waals surface area contributed by atoms with Gasteiger partial charge in [0.25, 0.3) is 0 Å². The van der Waals surface area contributed by atoms with E-state index in [9.17, 15) is 0 Å². The summed E-state index contributed by atoms with van der Waals surface area (Å²) in [5.74, 6) is 1.81. The molecule has 1 aromatic heterocycles. The highest BCUT2D eigenvalue weighted by Crippen LogP contribution is 2.18. The van der Waals surface area contributed by atoms with Crippen LogP contribution in [0.1, 0.15) is 32.6 Å². The number of halogens is 1. The first-order valence-electron chi connectivity index (χ1n) is 9.35. The predicted octanol–water partition coefficient (Wildman–Crippen LogP) is 2.93. The fourth-order valence-electron chi connectivity index (χ4n) is 3.15. The summed E-state index contributed by atoms with van der Waals surface area (Å²) in [5.41, 5.74) is 0.869. The second-order valence-electron chi connectivity index (χ2n) is 6.99. The quantitative estimate of drug-likeness (QED) is 0.603. The van der Waals surface area contributed by atoms with Gasteiger partial charge in [0, 0.05) is 42.8 Å². The summed E-state index contributed by atoms with van der Waals surface area (Å²) in [6, 6.07) is 8.39. The third-order valence-corrected chi connectivity index (χ3v) is 5.05. The number of guanidine groups is 1. The SMILES string of the molecule is CN=C(NCc1nc(-c2ccc(Cl)cc2)no1)NC1CCN(C(C)C)CC1. The second-order valence-corrected chi connectivity index (χ2v) is 7.43. The van der Waals surface area contributed by atoms with Crippen LogP contribution in [0.15, 0.2) is 33.8 Å². The number of aliphatic imine (C=N–C) groups is 1. The highest BCUT2D eigenvalue weighted by molar-refractivity contribution is 6.30. The van der Waals surface area contributed by atoms with E-state index in [-0.39, 0.29) is 0 Å². The monoisotopic (exact) mass is 390 g/mol. The molecule has 2 aromatic rings. The molecule has 0 saturated carbocycles. The summed E-state index contributed by atoms with van der Waals surface area (Å²) in [7, 11) is 1.77. The van der Waals surface area contributed by atoms with Gasteiger partial charge in [0.1, 0.15) is 0 Å². The third-order valence-electron chi connectivity index (χ3n) is 4.80. The number of nitrogens with one attached hydrogen (secondary N) is 2. The lowest BCUT2D eigenvalue weighted by Crippen LogP contribution is -2.49. The number of hydrogen-bond acceptors (Lipinski definition) is 5. The van der Waals surface area contributed by atoms with Gasteiger partial charge in [0.2, 0.25) is 11.7 Å². The molecule has 1 aliphatic rings.